The zero-order valence-electron chi connectivity index (χ0n) is 16.4. The van der Waals surface area contributed by atoms with Gasteiger partial charge in [-0.15, -0.1) is 0 Å². The van der Waals surface area contributed by atoms with E-state index in [1.165, 1.54) is 44.9 Å². The molecule has 2 atom stereocenters. The summed E-state index contributed by atoms with van der Waals surface area (Å²) in [6, 6.07) is 1.65. The smallest absolute Gasteiger partial charge is 0.152 e. The summed E-state index contributed by atoms with van der Waals surface area (Å²) in [5.74, 6) is 1.99. The van der Waals surface area contributed by atoms with Crippen LogP contribution in [-0.2, 0) is 0 Å². The van der Waals surface area contributed by atoms with Gasteiger partial charge >= 0.3 is 0 Å². The molecular weight excluding hydrogens is 348 g/mol. The minimum Gasteiger partial charge on any atom is -0.387 e. The van der Waals surface area contributed by atoms with E-state index in [4.69, 9.17) is 5.73 Å². The number of hydrogen-bond acceptors (Lipinski definition) is 4. The Morgan fingerprint density at radius 1 is 1.39 bits per heavy atom. The molecule has 2 fully saturated rings. The maximum absolute atomic E-state index is 11.1. The molecule has 5 heteroatoms. The summed E-state index contributed by atoms with van der Waals surface area (Å²) in [4.78, 5) is 19.5. The van der Waals surface area contributed by atoms with Gasteiger partial charge < -0.3 is 11.1 Å². The number of allylic oxidation sites excluding steroid dienone is 3. The number of carbonyl (C=O) groups excluding carboxylic acids is 1. The van der Waals surface area contributed by atoms with Crippen LogP contribution in [0.1, 0.15) is 64.6 Å². The molecule has 0 aliphatic heterocycles. The summed E-state index contributed by atoms with van der Waals surface area (Å²) in [7, 11) is 0. The van der Waals surface area contributed by atoms with Crippen LogP contribution in [0.2, 0.25) is 0 Å². The van der Waals surface area contributed by atoms with Crippen molar-refractivity contribution in [1.82, 2.24) is 10.3 Å². The molecule has 0 saturated heterocycles. The third kappa shape index (κ3) is 4.25. The molecule has 0 aromatic carbocycles. The number of carbonyl (C=O) groups is 1. The van der Waals surface area contributed by atoms with Crippen LogP contribution in [0, 0.1) is 11.8 Å². The molecule has 0 spiro atoms. The molecule has 3 aliphatic carbocycles. The van der Waals surface area contributed by atoms with Crippen LogP contribution in [0.3, 0.4) is 0 Å². The number of pyridine rings is 1. The van der Waals surface area contributed by atoms with Gasteiger partial charge in [0.25, 0.3) is 0 Å². The number of nitrogens with two attached hydrogens (primary N) is 1. The molecule has 28 heavy (non-hydrogen) atoms. The van der Waals surface area contributed by atoms with Gasteiger partial charge in [0.1, 0.15) is 5.84 Å². The molecule has 1 heterocycles. The maximum atomic E-state index is 11.1. The van der Waals surface area contributed by atoms with Crippen LogP contribution < -0.4 is 11.1 Å². The molecule has 0 radical (unpaired) electrons. The van der Waals surface area contributed by atoms with Gasteiger partial charge in [0, 0.05) is 33.1 Å². The van der Waals surface area contributed by atoms with Gasteiger partial charge in [0.2, 0.25) is 0 Å². The van der Waals surface area contributed by atoms with Crippen molar-refractivity contribution in [2.75, 3.05) is 6.54 Å². The lowest BCUT2D eigenvalue weighted by atomic mass is 9.83. The molecule has 1 aromatic rings. The van der Waals surface area contributed by atoms with Crippen molar-refractivity contribution in [2.45, 2.75) is 56.9 Å². The highest BCUT2D eigenvalue weighted by atomic mass is 16.1. The Morgan fingerprint density at radius 3 is 3.07 bits per heavy atom. The second-order valence-corrected chi connectivity index (χ2v) is 8.38. The normalized spacial score (nSPS) is 27.6. The first-order valence-corrected chi connectivity index (χ1v) is 10.6. The van der Waals surface area contributed by atoms with E-state index in [1.54, 1.807) is 24.0 Å². The number of amidine groups is 1. The van der Waals surface area contributed by atoms with Gasteiger partial charge in [-0.1, -0.05) is 37.5 Å². The van der Waals surface area contributed by atoms with Crippen molar-refractivity contribution in [2.24, 2.45) is 22.6 Å². The van der Waals surface area contributed by atoms with Gasteiger partial charge in [0.05, 0.1) is 11.9 Å². The number of nitrogens with zero attached hydrogens (tertiary/aromatic N) is 2. The first-order valence-electron chi connectivity index (χ1n) is 10.6. The molecule has 2 saturated carbocycles. The first-order chi connectivity index (χ1) is 13.7. The van der Waals surface area contributed by atoms with Gasteiger partial charge in [-0.3, -0.25) is 9.78 Å². The number of fused-ring (bicyclic) bond motifs is 1. The molecule has 152 valence electrons. The maximum Gasteiger partial charge on any atom is 0.152 e. The van der Waals surface area contributed by atoms with Crippen LogP contribution >= 0.6 is 0 Å². The Hall–Kier alpha value is -2.27. The quantitative estimate of drug-likeness (QED) is 0.411. The van der Waals surface area contributed by atoms with Crippen molar-refractivity contribution in [3.63, 3.8) is 0 Å². The molecular formula is C23H34N4O. The van der Waals surface area contributed by atoms with Crippen molar-refractivity contribution >= 4 is 17.8 Å². The van der Waals surface area contributed by atoms with Gasteiger partial charge in [-0.2, -0.15) is 0 Å². The summed E-state index contributed by atoms with van der Waals surface area (Å²) in [6.45, 7) is 0.783. The lowest BCUT2D eigenvalue weighted by Gasteiger charge is -2.23. The SMILES string of the molecule is NC(CCNC12C=CC(C3CCCCC3)=CCC1C2)=Nc1cnccc1C=O.[HH].[HH]. The lowest BCUT2D eigenvalue weighted by Crippen LogP contribution is -2.34. The summed E-state index contributed by atoms with van der Waals surface area (Å²) in [5, 5.41) is 3.71. The Balaban J connectivity index is 0.00000160. The van der Waals surface area contributed by atoms with Gasteiger partial charge in [0.15, 0.2) is 6.29 Å². The van der Waals surface area contributed by atoms with Crippen LogP contribution in [0.25, 0.3) is 0 Å². The summed E-state index contributed by atoms with van der Waals surface area (Å²) >= 11 is 0. The Kier molecular flexibility index (Phi) is 5.72. The van der Waals surface area contributed by atoms with E-state index >= 15 is 0 Å². The van der Waals surface area contributed by atoms with E-state index < -0.39 is 0 Å². The third-order valence-corrected chi connectivity index (χ3v) is 6.50. The number of aromatic nitrogens is 1. The van der Waals surface area contributed by atoms with E-state index in [0.717, 1.165) is 18.7 Å². The fraction of sp³-hybridized carbons (Fsp3) is 0.522. The number of rotatable bonds is 7. The fourth-order valence-corrected chi connectivity index (χ4v) is 4.68. The Labute approximate surface area is 170 Å². The molecule has 3 N–H and O–H groups in total. The Bertz CT molecular complexity index is 817. The van der Waals surface area contributed by atoms with Crippen molar-refractivity contribution in [3.05, 3.63) is 47.8 Å². The zero-order valence-corrected chi connectivity index (χ0v) is 16.4. The summed E-state index contributed by atoms with van der Waals surface area (Å²) in [6.07, 6.45) is 21.1. The molecule has 2 unspecified atom stereocenters. The molecule has 0 amide bonds. The number of hydrogen-bond donors (Lipinski definition) is 2. The monoisotopic (exact) mass is 382 g/mol. The zero-order chi connectivity index (χ0) is 19.4. The van der Waals surface area contributed by atoms with E-state index in [2.05, 4.69) is 33.5 Å². The highest BCUT2D eigenvalue weighted by Crippen LogP contribution is 2.50. The molecule has 5 nitrogen and oxygen atoms in total. The lowest BCUT2D eigenvalue weighted by molar-refractivity contribution is 0.112. The standard InChI is InChI=1S/C23H30N4O.2H2/c24-22(27-21-15-25-12-9-19(21)16-28)10-13-26-23-11-8-18(6-7-20(23)14-23)17-4-2-1-3-5-17;;/h6,8-9,11-12,15-17,20,26H,1-5,7,10,13-14H2,(H2,24,27);2*1H. The topological polar surface area (TPSA) is 80.4 Å². The van der Waals surface area contributed by atoms with E-state index in [0.29, 0.717) is 29.4 Å². The van der Waals surface area contributed by atoms with Crippen molar-refractivity contribution < 1.29 is 7.65 Å². The van der Waals surface area contributed by atoms with E-state index in [-0.39, 0.29) is 8.39 Å². The largest absolute Gasteiger partial charge is 0.387 e. The van der Waals surface area contributed by atoms with Crippen LogP contribution in [0.4, 0.5) is 5.69 Å². The van der Waals surface area contributed by atoms with Gasteiger partial charge in [-0.25, -0.2) is 4.99 Å². The molecule has 1 aromatic heterocycles. The van der Waals surface area contributed by atoms with Crippen LogP contribution in [0.15, 0.2) is 47.3 Å². The Morgan fingerprint density at radius 2 is 2.25 bits per heavy atom. The fourth-order valence-electron chi connectivity index (χ4n) is 4.68. The average Bonchev–Trinajstić information content (AvgIpc) is 3.43. The van der Waals surface area contributed by atoms with Crippen LogP contribution in [0.5, 0.6) is 0 Å². The van der Waals surface area contributed by atoms with E-state index in [1.807, 2.05) is 0 Å². The molecule has 3 aliphatic rings. The molecule has 0 bridgehead atoms. The summed E-state index contributed by atoms with van der Waals surface area (Å²) in [5.41, 5.74) is 8.84. The van der Waals surface area contributed by atoms with E-state index in [9.17, 15) is 4.79 Å². The minimum absolute atomic E-state index is 0. The van der Waals surface area contributed by atoms with Gasteiger partial charge in [-0.05, 0) is 49.2 Å². The van der Waals surface area contributed by atoms with Crippen molar-refractivity contribution in [1.29, 1.82) is 0 Å². The minimum atomic E-state index is 0. The van der Waals surface area contributed by atoms with Crippen molar-refractivity contribution in [3.8, 4) is 0 Å². The second kappa shape index (κ2) is 8.39. The number of aliphatic imine (C=N–C) groups is 1. The summed E-state index contributed by atoms with van der Waals surface area (Å²) < 4.78 is 0. The predicted octanol–water partition coefficient (Wildman–Crippen LogP) is 4.58. The first kappa shape index (κ1) is 19.1. The molecule has 4 rings (SSSR count). The highest BCUT2D eigenvalue weighted by Gasteiger charge is 2.51. The highest BCUT2D eigenvalue weighted by molar-refractivity contribution is 5.88. The predicted molar refractivity (Wildman–Crippen MR) is 117 cm³/mol. The third-order valence-electron chi connectivity index (χ3n) is 6.50. The second-order valence-electron chi connectivity index (χ2n) is 8.38. The average molecular weight is 383 g/mol. The number of aldehydes is 1. The number of nitrogens with one attached hydrogen (secondary N) is 1. The van der Waals surface area contributed by atoms with Crippen LogP contribution in [-0.4, -0.2) is 29.2 Å².